The molecule has 1 N–H and O–H groups in total. The van der Waals surface area contributed by atoms with Crippen LogP contribution in [-0.4, -0.2) is 24.5 Å². The molecular weight excluding hydrogens is 353 g/mol. The summed E-state index contributed by atoms with van der Waals surface area (Å²) in [6.45, 7) is 0.303. The van der Waals surface area contributed by atoms with E-state index < -0.39 is 5.82 Å². The number of aromatic nitrogens is 5. The van der Waals surface area contributed by atoms with Gasteiger partial charge in [-0.1, -0.05) is 30.3 Å². The first-order chi connectivity index (χ1) is 12.6. The van der Waals surface area contributed by atoms with Crippen LogP contribution >= 0.6 is 12.2 Å². The van der Waals surface area contributed by atoms with Crippen LogP contribution in [0.5, 0.6) is 0 Å². The minimum Gasteiger partial charge on any atom is -0.269 e. The Morgan fingerprint density at radius 1 is 1.12 bits per heavy atom. The lowest BCUT2D eigenvalue weighted by atomic mass is 10.2. The molecular formula is C18H14FN5OS. The summed E-state index contributed by atoms with van der Waals surface area (Å²) in [6.07, 6.45) is 2.03. The van der Waals surface area contributed by atoms with Gasteiger partial charge in [-0.2, -0.15) is 10.2 Å². The highest BCUT2D eigenvalue weighted by Gasteiger charge is 2.13. The lowest BCUT2D eigenvalue weighted by Gasteiger charge is -2.09. The van der Waals surface area contributed by atoms with E-state index in [4.69, 9.17) is 12.2 Å². The maximum atomic E-state index is 14.1. The van der Waals surface area contributed by atoms with Crippen LogP contribution in [0, 0.1) is 10.6 Å². The minimum atomic E-state index is -0.396. The third-order valence-electron chi connectivity index (χ3n) is 4.14. The van der Waals surface area contributed by atoms with Gasteiger partial charge >= 0.3 is 0 Å². The topological polar surface area (TPSA) is 68.5 Å². The Balaban J connectivity index is 1.68. The molecule has 0 radical (unpaired) electrons. The molecule has 130 valence electrons. The molecule has 2 aromatic carbocycles. The summed E-state index contributed by atoms with van der Waals surface area (Å²) in [5.41, 5.74) is 0.148. The van der Waals surface area contributed by atoms with Gasteiger partial charge < -0.3 is 0 Å². The Morgan fingerprint density at radius 3 is 2.73 bits per heavy atom. The first-order valence-electron chi connectivity index (χ1n) is 8.01. The van der Waals surface area contributed by atoms with Gasteiger partial charge in [-0.15, -0.1) is 0 Å². The lowest BCUT2D eigenvalue weighted by Crippen LogP contribution is -2.24. The van der Waals surface area contributed by atoms with Gasteiger partial charge in [0.1, 0.15) is 11.6 Å². The minimum absolute atomic E-state index is 0.172. The van der Waals surface area contributed by atoms with Crippen LogP contribution < -0.4 is 5.56 Å². The molecule has 0 unspecified atom stereocenters. The average Bonchev–Trinajstić information content (AvgIpc) is 3.02. The predicted molar refractivity (Wildman–Crippen MR) is 98.4 cm³/mol. The molecule has 0 aliphatic rings. The maximum absolute atomic E-state index is 14.1. The van der Waals surface area contributed by atoms with Crippen LogP contribution in [0.25, 0.3) is 16.5 Å². The van der Waals surface area contributed by atoms with E-state index >= 15 is 0 Å². The van der Waals surface area contributed by atoms with Crippen molar-refractivity contribution in [1.29, 1.82) is 0 Å². The van der Waals surface area contributed by atoms with Crippen LogP contribution in [0.2, 0.25) is 0 Å². The molecule has 6 nitrogen and oxygen atoms in total. The first-order valence-corrected chi connectivity index (χ1v) is 8.42. The normalized spacial score (nSPS) is 11.1. The number of para-hydroxylation sites is 1. The number of nitrogens with zero attached hydrogens (tertiary/aromatic N) is 4. The van der Waals surface area contributed by atoms with Gasteiger partial charge in [0, 0.05) is 11.8 Å². The van der Waals surface area contributed by atoms with Gasteiger partial charge in [0.15, 0.2) is 4.77 Å². The molecule has 0 atom stereocenters. The van der Waals surface area contributed by atoms with Gasteiger partial charge in [-0.25, -0.2) is 9.07 Å². The third-order valence-corrected chi connectivity index (χ3v) is 4.42. The van der Waals surface area contributed by atoms with Crippen molar-refractivity contribution in [2.75, 3.05) is 0 Å². The Kier molecular flexibility index (Phi) is 4.18. The fourth-order valence-electron chi connectivity index (χ4n) is 2.87. The van der Waals surface area contributed by atoms with Crippen LogP contribution in [0.4, 0.5) is 4.39 Å². The molecule has 26 heavy (non-hydrogen) atoms. The number of rotatable bonds is 4. The van der Waals surface area contributed by atoms with E-state index in [-0.39, 0.29) is 5.56 Å². The van der Waals surface area contributed by atoms with Gasteiger partial charge in [0.2, 0.25) is 0 Å². The van der Waals surface area contributed by atoms with Gasteiger partial charge in [0.05, 0.1) is 23.8 Å². The molecule has 2 aromatic heterocycles. The predicted octanol–water partition coefficient (Wildman–Crippen LogP) is 3.02. The number of hydrogen-bond donors (Lipinski definition) is 1. The molecule has 0 amide bonds. The molecule has 0 aliphatic carbocycles. The number of halogens is 1. The van der Waals surface area contributed by atoms with Gasteiger partial charge in [-0.3, -0.25) is 14.5 Å². The number of nitrogens with one attached hydrogen (secondary N) is 1. The van der Waals surface area contributed by atoms with E-state index in [9.17, 15) is 9.18 Å². The van der Waals surface area contributed by atoms with Crippen LogP contribution in [-0.2, 0) is 13.0 Å². The number of aromatic amines is 1. The van der Waals surface area contributed by atoms with E-state index in [0.29, 0.717) is 34.6 Å². The van der Waals surface area contributed by atoms with E-state index in [1.54, 1.807) is 30.5 Å². The quantitative estimate of drug-likeness (QED) is 0.563. The molecule has 0 bridgehead atoms. The molecule has 0 spiro atoms. The fourth-order valence-corrected chi connectivity index (χ4v) is 3.12. The largest absolute Gasteiger partial charge is 0.274 e. The second-order valence-corrected chi connectivity index (χ2v) is 6.13. The molecule has 0 aliphatic heterocycles. The number of benzene rings is 2. The molecule has 0 saturated heterocycles. The van der Waals surface area contributed by atoms with E-state index in [2.05, 4.69) is 15.3 Å². The Labute approximate surface area is 152 Å². The Bertz CT molecular complexity index is 1210. The summed E-state index contributed by atoms with van der Waals surface area (Å²) >= 11 is 5.23. The molecule has 4 aromatic rings. The molecule has 0 fully saturated rings. The van der Waals surface area contributed by atoms with E-state index in [1.807, 2.05) is 18.2 Å². The highest BCUT2D eigenvalue weighted by molar-refractivity contribution is 7.71. The molecule has 2 heterocycles. The summed E-state index contributed by atoms with van der Waals surface area (Å²) in [5, 5.41) is 12.5. The number of H-pyrrole nitrogens is 1. The van der Waals surface area contributed by atoms with E-state index in [0.717, 1.165) is 5.39 Å². The maximum Gasteiger partial charge on any atom is 0.274 e. The Morgan fingerprint density at radius 2 is 1.88 bits per heavy atom. The molecule has 8 heteroatoms. The van der Waals surface area contributed by atoms with Crippen molar-refractivity contribution in [2.24, 2.45) is 0 Å². The van der Waals surface area contributed by atoms with Gasteiger partial charge in [0.25, 0.3) is 5.56 Å². The zero-order valence-corrected chi connectivity index (χ0v) is 14.4. The number of aryl methyl sites for hydroxylation is 2. The standard InChI is InChI=1S/C18H14FN5OS/c19-14-7-3-4-8-15(14)24-16(21-22-18(24)26)9-10-23-17(25)13-6-2-1-5-12(13)11-20-23/h1-8,11H,9-10H2,(H,22,26). The highest BCUT2D eigenvalue weighted by Crippen LogP contribution is 2.15. The van der Waals surface area contributed by atoms with Crippen molar-refractivity contribution in [3.05, 3.63) is 81.5 Å². The van der Waals surface area contributed by atoms with Crippen LogP contribution in [0.15, 0.2) is 59.5 Å². The summed E-state index contributed by atoms with van der Waals surface area (Å²) in [5.74, 6) is 0.134. The van der Waals surface area contributed by atoms with Crippen LogP contribution in [0.3, 0.4) is 0 Å². The summed E-state index contributed by atoms with van der Waals surface area (Å²) < 4.78 is 17.4. The third kappa shape index (κ3) is 2.84. The second kappa shape index (κ2) is 6.64. The zero-order valence-electron chi connectivity index (χ0n) is 13.6. The Hall–Kier alpha value is -3.13. The second-order valence-electron chi connectivity index (χ2n) is 5.74. The summed E-state index contributed by atoms with van der Waals surface area (Å²) in [7, 11) is 0. The smallest absolute Gasteiger partial charge is 0.269 e. The number of fused-ring (bicyclic) bond motifs is 1. The molecule has 0 saturated carbocycles. The summed E-state index contributed by atoms with van der Waals surface area (Å²) in [4.78, 5) is 12.5. The van der Waals surface area contributed by atoms with Gasteiger partial charge in [-0.05, 0) is 30.4 Å². The summed E-state index contributed by atoms with van der Waals surface area (Å²) in [6, 6.07) is 13.6. The monoisotopic (exact) mass is 367 g/mol. The average molecular weight is 367 g/mol. The van der Waals surface area contributed by atoms with E-state index in [1.165, 1.54) is 15.3 Å². The fraction of sp³-hybridized carbons (Fsp3) is 0.111. The van der Waals surface area contributed by atoms with Crippen molar-refractivity contribution in [3.8, 4) is 5.69 Å². The number of hydrogen-bond acceptors (Lipinski definition) is 4. The lowest BCUT2D eigenvalue weighted by molar-refractivity contribution is 0.564. The van der Waals surface area contributed by atoms with Crippen molar-refractivity contribution < 1.29 is 4.39 Å². The van der Waals surface area contributed by atoms with Crippen molar-refractivity contribution in [3.63, 3.8) is 0 Å². The molecule has 4 rings (SSSR count). The SMILES string of the molecule is O=c1c2ccccc2cnn1CCc1n[nH]c(=S)n1-c1ccccc1F. The highest BCUT2D eigenvalue weighted by atomic mass is 32.1. The van der Waals surface area contributed by atoms with Crippen LogP contribution in [0.1, 0.15) is 5.82 Å². The zero-order chi connectivity index (χ0) is 18.1. The van der Waals surface area contributed by atoms with Crippen molar-refractivity contribution in [2.45, 2.75) is 13.0 Å². The van der Waals surface area contributed by atoms with Crippen molar-refractivity contribution >= 4 is 23.0 Å². The first kappa shape index (κ1) is 16.3. The van der Waals surface area contributed by atoms with Crippen molar-refractivity contribution in [1.82, 2.24) is 24.5 Å².